The highest BCUT2D eigenvalue weighted by molar-refractivity contribution is 4.73. The summed E-state index contributed by atoms with van der Waals surface area (Å²) < 4.78 is 13.0. The van der Waals surface area contributed by atoms with E-state index >= 15 is 0 Å². The highest BCUT2D eigenvalue weighted by Crippen LogP contribution is 2.13. The number of halogens is 1. The first kappa shape index (κ1) is 8.94. The normalized spacial score (nSPS) is 36.3. The SMILES string of the molecule is CN1CCCCC(O)C(F)C1. The molecule has 0 saturated carbocycles. The average molecular weight is 161 g/mol. The second-order valence-corrected chi connectivity index (χ2v) is 3.34. The summed E-state index contributed by atoms with van der Waals surface area (Å²) in [5.41, 5.74) is 0. The van der Waals surface area contributed by atoms with Gasteiger partial charge in [-0.05, 0) is 32.9 Å². The van der Waals surface area contributed by atoms with E-state index in [-0.39, 0.29) is 0 Å². The summed E-state index contributed by atoms with van der Waals surface area (Å²) in [5, 5.41) is 9.20. The lowest BCUT2D eigenvalue weighted by molar-refractivity contribution is 0.0397. The molecular weight excluding hydrogens is 145 g/mol. The molecule has 0 spiro atoms. The van der Waals surface area contributed by atoms with Gasteiger partial charge in [-0.1, -0.05) is 0 Å². The molecule has 1 fully saturated rings. The number of alkyl halides is 1. The highest BCUT2D eigenvalue weighted by Gasteiger charge is 2.21. The van der Waals surface area contributed by atoms with Crippen LogP contribution in [0.2, 0.25) is 0 Å². The molecule has 11 heavy (non-hydrogen) atoms. The number of aliphatic hydroxyl groups excluding tert-OH is 1. The van der Waals surface area contributed by atoms with E-state index in [4.69, 9.17) is 0 Å². The third kappa shape index (κ3) is 2.75. The second kappa shape index (κ2) is 4.02. The third-order valence-electron chi connectivity index (χ3n) is 2.19. The Morgan fingerprint density at radius 2 is 2.18 bits per heavy atom. The van der Waals surface area contributed by atoms with Gasteiger partial charge < -0.3 is 10.0 Å². The van der Waals surface area contributed by atoms with E-state index in [2.05, 4.69) is 0 Å². The second-order valence-electron chi connectivity index (χ2n) is 3.34. The van der Waals surface area contributed by atoms with Crippen molar-refractivity contribution in [1.29, 1.82) is 0 Å². The van der Waals surface area contributed by atoms with E-state index in [9.17, 15) is 9.50 Å². The van der Waals surface area contributed by atoms with Crippen molar-refractivity contribution in [3.05, 3.63) is 0 Å². The summed E-state index contributed by atoms with van der Waals surface area (Å²) in [4.78, 5) is 1.94. The van der Waals surface area contributed by atoms with E-state index in [1.807, 2.05) is 11.9 Å². The van der Waals surface area contributed by atoms with Crippen LogP contribution in [-0.4, -0.2) is 42.4 Å². The molecule has 1 N–H and O–H groups in total. The van der Waals surface area contributed by atoms with Crippen molar-refractivity contribution in [3.63, 3.8) is 0 Å². The van der Waals surface area contributed by atoms with E-state index in [1.54, 1.807) is 0 Å². The monoisotopic (exact) mass is 161 g/mol. The maximum absolute atomic E-state index is 13.0. The molecule has 0 aromatic rings. The van der Waals surface area contributed by atoms with Crippen LogP contribution in [-0.2, 0) is 0 Å². The zero-order valence-corrected chi connectivity index (χ0v) is 6.96. The van der Waals surface area contributed by atoms with E-state index < -0.39 is 12.3 Å². The van der Waals surface area contributed by atoms with Gasteiger partial charge in [0.25, 0.3) is 0 Å². The third-order valence-corrected chi connectivity index (χ3v) is 2.19. The van der Waals surface area contributed by atoms with Crippen molar-refractivity contribution >= 4 is 0 Å². The Labute approximate surface area is 67.0 Å². The zero-order valence-electron chi connectivity index (χ0n) is 6.96. The predicted molar refractivity (Wildman–Crippen MR) is 42.3 cm³/mol. The summed E-state index contributed by atoms with van der Waals surface area (Å²) in [6, 6.07) is 0. The number of hydrogen-bond donors (Lipinski definition) is 1. The summed E-state index contributed by atoms with van der Waals surface area (Å²) in [7, 11) is 1.89. The Hall–Kier alpha value is -0.150. The van der Waals surface area contributed by atoms with Crippen molar-refractivity contribution < 1.29 is 9.50 Å². The molecule has 2 atom stereocenters. The van der Waals surface area contributed by atoms with Crippen molar-refractivity contribution in [2.45, 2.75) is 31.5 Å². The fourth-order valence-corrected chi connectivity index (χ4v) is 1.43. The predicted octanol–water partition coefficient (Wildman–Crippen LogP) is 0.801. The Kier molecular flexibility index (Phi) is 3.27. The molecule has 0 aliphatic carbocycles. The van der Waals surface area contributed by atoms with Crippen molar-refractivity contribution in [1.82, 2.24) is 4.90 Å². The van der Waals surface area contributed by atoms with Crippen LogP contribution in [0.3, 0.4) is 0 Å². The van der Waals surface area contributed by atoms with Crippen LogP contribution < -0.4 is 0 Å². The maximum Gasteiger partial charge on any atom is 0.138 e. The van der Waals surface area contributed by atoms with Crippen LogP contribution >= 0.6 is 0 Å². The molecule has 1 aliphatic heterocycles. The largest absolute Gasteiger partial charge is 0.390 e. The minimum absolute atomic E-state index is 0.376. The van der Waals surface area contributed by atoms with Crippen molar-refractivity contribution in [3.8, 4) is 0 Å². The Morgan fingerprint density at radius 1 is 1.45 bits per heavy atom. The first-order valence-electron chi connectivity index (χ1n) is 4.21. The van der Waals surface area contributed by atoms with Gasteiger partial charge in [-0.15, -0.1) is 0 Å². The molecule has 3 heteroatoms. The van der Waals surface area contributed by atoms with Crippen molar-refractivity contribution in [2.75, 3.05) is 20.1 Å². The Balaban J connectivity index is 2.38. The molecular formula is C8H16FNO. The van der Waals surface area contributed by atoms with Gasteiger partial charge in [0.15, 0.2) is 0 Å². The standard InChI is InChI=1S/C8H16FNO/c1-10-5-3-2-4-8(11)7(9)6-10/h7-8,11H,2-6H2,1H3. The number of hydrogen-bond acceptors (Lipinski definition) is 2. The number of nitrogens with zero attached hydrogens (tertiary/aromatic N) is 1. The van der Waals surface area contributed by atoms with Gasteiger partial charge in [-0.2, -0.15) is 0 Å². The molecule has 2 unspecified atom stereocenters. The minimum Gasteiger partial charge on any atom is -0.390 e. The lowest BCUT2D eigenvalue weighted by atomic mass is 10.0. The van der Waals surface area contributed by atoms with Gasteiger partial charge in [0, 0.05) is 6.54 Å². The number of rotatable bonds is 0. The summed E-state index contributed by atoms with van der Waals surface area (Å²) in [6.07, 6.45) is 0.833. The summed E-state index contributed by atoms with van der Waals surface area (Å²) >= 11 is 0. The van der Waals surface area contributed by atoms with Crippen LogP contribution in [0.15, 0.2) is 0 Å². The lowest BCUT2D eigenvalue weighted by Gasteiger charge is -2.25. The molecule has 1 rings (SSSR count). The van der Waals surface area contributed by atoms with Gasteiger partial charge in [-0.25, -0.2) is 4.39 Å². The Bertz CT molecular complexity index is 121. The van der Waals surface area contributed by atoms with Gasteiger partial charge >= 0.3 is 0 Å². The molecule has 2 nitrogen and oxygen atoms in total. The molecule has 0 radical (unpaired) electrons. The smallest absolute Gasteiger partial charge is 0.138 e. The van der Waals surface area contributed by atoms with Gasteiger partial charge in [0.2, 0.25) is 0 Å². The molecule has 66 valence electrons. The highest BCUT2D eigenvalue weighted by atomic mass is 19.1. The first-order valence-corrected chi connectivity index (χ1v) is 4.21. The van der Waals surface area contributed by atoms with Gasteiger partial charge in [0.05, 0.1) is 6.10 Å². The average Bonchev–Trinajstić information content (AvgIpc) is 1.95. The van der Waals surface area contributed by atoms with E-state index in [1.165, 1.54) is 0 Å². The molecule has 1 aliphatic rings. The van der Waals surface area contributed by atoms with Crippen LogP contribution in [0.5, 0.6) is 0 Å². The fourth-order valence-electron chi connectivity index (χ4n) is 1.43. The number of aliphatic hydroxyl groups is 1. The maximum atomic E-state index is 13.0. The molecule has 0 aromatic carbocycles. The zero-order chi connectivity index (χ0) is 8.27. The minimum atomic E-state index is -1.06. The van der Waals surface area contributed by atoms with Gasteiger partial charge in [0.1, 0.15) is 6.17 Å². The molecule has 1 saturated heterocycles. The van der Waals surface area contributed by atoms with Crippen LogP contribution in [0.25, 0.3) is 0 Å². The molecule has 0 bridgehead atoms. The molecule has 0 aromatic heterocycles. The van der Waals surface area contributed by atoms with Gasteiger partial charge in [-0.3, -0.25) is 0 Å². The van der Waals surface area contributed by atoms with Crippen LogP contribution in [0, 0.1) is 0 Å². The van der Waals surface area contributed by atoms with E-state index in [0.717, 1.165) is 19.4 Å². The topological polar surface area (TPSA) is 23.5 Å². The summed E-state index contributed by atoms with van der Waals surface area (Å²) in [6.45, 7) is 1.33. The number of likely N-dealkylation sites (tertiary alicyclic amines) is 1. The van der Waals surface area contributed by atoms with E-state index in [0.29, 0.717) is 13.0 Å². The van der Waals surface area contributed by atoms with Crippen LogP contribution in [0.1, 0.15) is 19.3 Å². The molecule has 0 amide bonds. The quantitative estimate of drug-likeness (QED) is 0.568. The fraction of sp³-hybridized carbons (Fsp3) is 1.00. The first-order chi connectivity index (χ1) is 5.20. The van der Waals surface area contributed by atoms with Crippen molar-refractivity contribution in [2.24, 2.45) is 0 Å². The lowest BCUT2D eigenvalue weighted by Crippen LogP contribution is -2.37. The van der Waals surface area contributed by atoms with Crippen LogP contribution in [0.4, 0.5) is 4.39 Å². The molecule has 1 heterocycles. The Morgan fingerprint density at radius 3 is 2.91 bits per heavy atom. The summed E-state index contributed by atoms with van der Waals surface area (Å²) in [5.74, 6) is 0.